The maximum absolute atomic E-state index is 8.66. The van der Waals surface area contributed by atoms with Gasteiger partial charge >= 0.3 is 0 Å². The molecule has 15 heavy (non-hydrogen) atoms. The van der Waals surface area contributed by atoms with Crippen molar-refractivity contribution in [2.75, 3.05) is 0 Å². The molecule has 0 aliphatic carbocycles. The van der Waals surface area contributed by atoms with E-state index in [1.165, 1.54) is 0 Å². The molecule has 0 amide bonds. The first kappa shape index (κ1) is 10.5. The molecule has 2 aromatic carbocycles. The molecule has 0 heterocycles. The molecule has 0 spiro atoms. The summed E-state index contributed by atoms with van der Waals surface area (Å²) < 4.78 is 0.990. The van der Waals surface area contributed by atoms with Crippen LogP contribution in [0.15, 0.2) is 46.0 Å². The third kappa shape index (κ3) is 1.85. The number of oxime groups is 1. The normalized spacial score (nSPS) is 12.0. The number of hydrogen-bond donors (Lipinski definition) is 1. The van der Waals surface area contributed by atoms with Crippen LogP contribution in [0.4, 0.5) is 0 Å². The van der Waals surface area contributed by atoms with Gasteiger partial charge in [0.05, 0.1) is 0 Å². The Morgan fingerprint density at radius 1 is 1.13 bits per heavy atom. The van der Waals surface area contributed by atoms with Crippen LogP contribution in [0.5, 0.6) is 0 Å². The summed E-state index contributed by atoms with van der Waals surface area (Å²) >= 11 is 9.26. The Kier molecular flexibility index (Phi) is 2.93. The highest BCUT2D eigenvalue weighted by atomic mass is 79.9. The van der Waals surface area contributed by atoms with Gasteiger partial charge in [-0.05, 0) is 22.9 Å². The summed E-state index contributed by atoms with van der Waals surface area (Å²) in [4.78, 5) is 0. The maximum atomic E-state index is 8.66. The van der Waals surface area contributed by atoms with E-state index >= 15 is 0 Å². The van der Waals surface area contributed by atoms with Crippen LogP contribution in [0.2, 0.25) is 0 Å². The molecular formula is C11H7BrClNO. The Hall–Kier alpha value is -1.06. The Morgan fingerprint density at radius 3 is 2.47 bits per heavy atom. The second-order valence-electron chi connectivity index (χ2n) is 3.03. The van der Waals surface area contributed by atoms with Crippen molar-refractivity contribution in [3.05, 3.63) is 46.4 Å². The van der Waals surface area contributed by atoms with E-state index in [0.29, 0.717) is 0 Å². The minimum Gasteiger partial charge on any atom is -0.410 e. The molecule has 0 unspecified atom stereocenters. The highest BCUT2D eigenvalue weighted by molar-refractivity contribution is 9.10. The van der Waals surface area contributed by atoms with Gasteiger partial charge in [-0.1, -0.05) is 57.0 Å². The lowest BCUT2D eigenvalue weighted by atomic mass is 10.1. The monoisotopic (exact) mass is 283 g/mol. The molecule has 76 valence electrons. The van der Waals surface area contributed by atoms with E-state index in [0.717, 1.165) is 20.8 Å². The molecule has 0 fully saturated rings. The number of hydrogen-bond acceptors (Lipinski definition) is 2. The SMILES string of the molecule is ON=C(Cl)c1ccc(Br)c2ccccc12. The smallest absolute Gasteiger partial charge is 0.175 e. The van der Waals surface area contributed by atoms with Crippen molar-refractivity contribution >= 4 is 43.5 Å². The van der Waals surface area contributed by atoms with Crippen LogP contribution in [0.25, 0.3) is 10.8 Å². The molecule has 0 radical (unpaired) electrons. The largest absolute Gasteiger partial charge is 0.410 e. The lowest BCUT2D eigenvalue weighted by Gasteiger charge is -2.05. The van der Waals surface area contributed by atoms with E-state index < -0.39 is 0 Å². The average Bonchev–Trinajstić information content (AvgIpc) is 2.29. The van der Waals surface area contributed by atoms with Crippen molar-refractivity contribution in [1.82, 2.24) is 0 Å². The first-order chi connectivity index (χ1) is 7.24. The first-order valence-electron chi connectivity index (χ1n) is 4.29. The molecule has 0 saturated carbocycles. The van der Waals surface area contributed by atoms with Crippen LogP contribution in [0, 0.1) is 0 Å². The second-order valence-corrected chi connectivity index (χ2v) is 4.24. The molecule has 0 bridgehead atoms. The van der Waals surface area contributed by atoms with Crippen molar-refractivity contribution in [3.63, 3.8) is 0 Å². The number of rotatable bonds is 1. The predicted molar refractivity (Wildman–Crippen MR) is 65.8 cm³/mol. The lowest BCUT2D eigenvalue weighted by Crippen LogP contribution is -1.92. The summed E-state index contributed by atoms with van der Waals surface area (Å²) in [6.07, 6.45) is 0. The Balaban J connectivity index is 2.83. The van der Waals surface area contributed by atoms with Crippen molar-refractivity contribution < 1.29 is 5.21 Å². The van der Waals surface area contributed by atoms with E-state index in [4.69, 9.17) is 16.8 Å². The Bertz CT molecular complexity index is 539. The van der Waals surface area contributed by atoms with Crippen molar-refractivity contribution in [2.45, 2.75) is 0 Å². The molecule has 4 heteroatoms. The van der Waals surface area contributed by atoms with Gasteiger partial charge < -0.3 is 5.21 Å². The van der Waals surface area contributed by atoms with Crippen LogP contribution < -0.4 is 0 Å². The van der Waals surface area contributed by atoms with Gasteiger partial charge in [0.2, 0.25) is 0 Å². The molecule has 0 saturated heterocycles. The average molecular weight is 285 g/mol. The van der Waals surface area contributed by atoms with Gasteiger partial charge in [0.15, 0.2) is 5.17 Å². The summed E-state index contributed by atoms with van der Waals surface area (Å²) in [6.45, 7) is 0. The van der Waals surface area contributed by atoms with Gasteiger partial charge in [0, 0.05) is 10.0 Å². The lowest BCUT2D eigenvalue weighted by molar-refractivity contribution is 0.321. The molecule has 2 nitrogen and oxygen atoms in total. The van der Waals surface area contributed by atoms with E-state index in [2.05, 4.69) is 21.1 Å². The third-order valence-corrected chi connectivity index (χ3v) is 3.15. The fourth-order valence-electron chi connectivity index (χ4n) is 1.50. The van der Waals surface area contributed by atoms with Gasteiger partial charge in [-0.15, -0.1) is 0 Å². The number of halogens is 2. The molecule has 2 rings (SSSR count). The summed E-state index contributed by atoms with van der Waals surface area (Å²) in [5, 5.41) is 13.8. The Morgan fingerprint density at radius 2 is 1.80 bits per heavy atom. The zero-order valence-electron chi connectivity index (χ0n) is 7.61. The topological polar surface area (TPSA) is 32.6 Å². The van der Waals surface area contributed by atoms with Crippen LogP contribution in [0.3, 0.4) is 0 Å². The Labute approximate surface area is 100 Å². The quantitative estimate of drug-likeness (QED) is 0.479. The molecule has 0 aliphatic heterocycles. The van der Waals surface area contributed by atoms with Crippen molar-refractivity contribution in [2.24, 2.45) is 5.16 Å². The molecule has 0 aromatic heterocycles. The van der Waals surface area contributed by atoms with Crippen molar-refractivity contribution in [3.8, 4) is 0 Å². The fraction of sp³-hybridized carbons (Fsp3) is 0. The maximum Gasteiger partial charge on any atom is 0.175 e. The zero-order valence-corrected chi connectivity index (χ0v) is 9.96. The van der Waals surface area contributed by atoms with E-state index in [-0.39, 0.29) is 5.17 Å². The van der Waals surface area contributed by atoms with Crippen LogP contribution >= 0.6 is 27.5 Å². The van der Waals surface area contributed by atoms with Crippen LogP contribution in [-0.4, -0.2) is 10.4 Å². The molecule has 2 aromatic rings. The summed E-state index contributed by atoms with van der Waals surface area (Å²) in [6, 6.07) is 11.5. The standard InChI is InChI=1S/C11H7BrClNO/c12-10-6-5-9(11(13)14-15)7-3-1-2-4-8(7)10/h1-6,15H. The summed E-state index contributed by atoms with van der Waals surface area (Å²) in [7, 11) is 0. The summed E-state index contributed by atoms with van der Waals surface area (Å²) in [5.74, 6) is 0. The first-order valence-corrected chi connectivity index (χ1v) is 5.46. The van der Waals surface area contributed by atoms with E-state index in [1.54, 1.807) is 0 Å². The number of benzene rings is 2. The second kappa shape index (κ2) is 4.21. The molecular weight excluding hydrogens is 277 g/mol. The molecule has 0 atom stereocenters. The zero-order chi connectivity index (χ0) is 10.8. The number of nitrogens with zero attached hydrogens (tertiary/aromatic N) is 1. The predicted octanol–water partition coefficient (Wildman–Crippen LogP) is 3.98. The highest BCUT2D eigenvalue weighted by Crippen LogP contribution is 2.27. The fourth-order valence-corrected chi connectivity index (χ4v) is 2.14. The number of fused-ring (bicyclic) bond motifs is 1. The van der Waals surface area contributed by atoms with Gasteiger partial charge in [0.1, 0.15) is 0 Å². The minimum absolute atomic E-state index is 0.0960. The summed E-state index contributed by atoms with van der Waals surface area (Å²) in [5.41, 5.74) is 0.720. The highest BCUT2D eigenvalue weighted by Gasteiger charge is 2.07. The third-order valence-electron chi connectivity index (χ3n) is 2.18. The van der Waals surface area contributed by atoms with Gasteiger partial charge in [-0.25, -0.2) is 0 Å². The van der Waals surface area contributed by atoms with Crippen molar-refractivity contribution in [1.29, 1.82) is 0 Å². The van der Waals surface area contributed by atoms with Crippen LogP contribution in [-0.2, 0) is 0 Å². The minimum atomic E-state index is 0.0960. The van der Waals surface area contributed by atoms with E-state index in [1.807, 2.05) is 36.4 Å². The molecule has 0 aliphatic rings. The molecule has 1 N–H and O–H groups in total. The van der Waals surface area contributed by atoms with Gasteiger partial charge in [-0.2, -0.15) is 0 Å². The van der Waals surface area contributed by atoms with Crippen LogP contribution in [0.1, 0.15) is 5.56 Å². The van der Waals surface area contributed by atoms with Gasteiger partial charge in [-0.3, -0.25) is 0 Å². The van der Waals surface area contributed by atoms with E-state index in [9.17, 15) is 0 Å². The van der Waals surface area contributed by atoms with Gasteiger partial charge in [0.25, 0.3) is 0 Å².